The molecule has 1 aliphatic heterocycles. The van der Waals surface area contributed by atoms with Crippen LogP contribution < -0.4 is 5.73 Å². The molecule has 23 heavy (non-hydrogen) atoms. The topological polar surface area (TPSA) is 96.3 Å². The second-order valence-electron chi connectivity index (χ2n) is 4.87. The molecule has 0 fully saturated rings. The van der Waals surface area contributed by atoms with E-state index in [1.165, 1.54) is 6.92 Å². The molecule has 5 nitrogen and oxygen atoms in total. The summed E-state index contributed by atoms with van der Waals surface area (Å²) in [5.74, 6) is -0.740. The molecule has 0 spiro atoms. The van der Waals surface area contributed by atoms with Gasteiger partial charge in [0.05, 0.1) is 14.9 Å². The summed E-state index contributed by atoms with van der Waals surface area (Å²) in [6.07, 6.45) is 0. The van der Waals surface area contributed by atoms with E-state index in [4.69, 9.17) is 10.5 Å². The molecule has 0 radical (unpaired) electrons. The van der Waals surface area contributed by atoms with Gasteiger partial charge in [-0.1, -0.05) is 15.9 Å². The van der Waals surface area contributed by atoms with E-state index in [2.05, 4.69) is 47.8 Å². The maximum absolute atomic E-state index is 12.1. The Kier molecular flexibility index (Phi) is 5.23. The van der Waals surface area contributed by atoms with Crippen molar-refractivity contribution in [1.29, 1.82) is 5.26 Å². The van der Waals surface area contributed by atoms with Crippen LogP contribution in [-0.4, -0.2) is 10.9 Å². The van der Waals surface area contributed by atoms with E-state index < -0.39 is 5.92 Å². The van der Waals surface area contributed by atoms with Crippen molar-refractivity contribution in [2.45, 2.75) is 19.8 Å². The number of phenolic OH excluding ortho intramolecular Hbond substituents is 1. The van der Waals surface area contributed by atoms with Gasteiger partial charge in [-0.3, -0.25) is 4.79 Å². The lowest BCUT2D eigenvalue weighted by atomic mass is 9.81. The molecular weight excluding hydrogens is 496 g/mol. The molecule has 1 heterocycles. The zero-order valence-corrected chi connectivity index (χ0v) is 16.8. The molecule has 1 atom stereocenters. The number of halogens is 3. The van der Waals surface area contributed by atoms with Gasteiger partial charge in [-0.25, -0.2) is 0 Å². The Morgan fingerprint density at radius 2 is 2.00 bits per heavy atom. The SMILES string of the molecule is CC(=O)C1=C(C)OC(N)=C(C#N)C1c1c(Br)cc(Br)c(O)c1Br. The van der Waals surface area contributed by atoms with Crippen molar-refractivity contribution < 1.29 is 14.6 Å². The molecule has 2 rings (SSSR count). The maximum atomic E-state index is 12.1. The summed E-state index contributed by atoms with van der Waals surface area (Å²) in [5.41, 5.74) is 6.78. The number of ether oxygens (including phenoxy) is 1. The van der Waals surface area contributed by atoms with Crippen molar-refractivity contribution >= 4 is 53.6 Å². The Balaban J connectivity index is 2.86. The van der Waals surface area contributed by atoms with Crippen LogP contribution in [0.15, 0.2) is 42.3 Å². The first kappa shape index (κ1) is 18.0. The van der Waals surface area contributed by atoms with Crippen LogP contribution >= 0.6 is 47.8 Å². The van der Waals surface area contributed by atoms with Crippen LogP contribution in [0, 0.1) is 11.3 Å². The quantitative estimate of drug-likeness (QED) is 0.621. The van der Waals surface area contributed by atoms with Gasteiger partial charge in [0.1, 0.15) is 23.2 Å². The van der Waals surface area contributed by atoms with Gasteiger partial charge in [-0.05, 0) is 57.3 Å². The van der Waals surface area contributed by atoms with Gasteiger partial charge in [0.25, 0.3) is 0 Å². The molecule has 1 aliphatic rings. The predicted molar refractivity (Wildman–Crippen MR) is 95.2 cm³/mol. The third kappa shape index (κ3) is 3.05. The van der Waals surface area contributed by atoms with E-state index in [9.17, 15) is 15.2 Å². The third-order valence-electron chi connectivity index (χ3n) is 3.45. The van der Waals surface area contributed by atoms with Crippen molar-refractivity contribution in [3.8, 4) is 11.8 Å². The van der Waals surface area contributed by atoms with Gasteiger partial charge >= 0.3 is 0 Å². The van der Waals surface area contributed by atoms with Crippen LogP contribution in [0.4, 0.5) is 0 Å². The van der Waals surface area contributed by atoms with Crippen LogP contribution in [0.5, 0.6) is 5.75 Å². The number of hydrogen-bond donors (Lipinski definition) is 2. The minimum absolute atomic E-state index is 0.0360. The second kappa shape index (κ2) is 6.67. The van der Waals surface area contributed by atoms with Gasteiger partial charge in [-0.2, -0.15) is 5.26 Å². The number of carbonyl (C=O) groups excluding carboxylic acids is 1. The number of allylic oxidation sites excluding steroid dienone is 3. The maximum Gasteiger partial charge on any atom is 0.205 e. The average Bonchev–Trinajstić information content (AvgIpc) is 2.44. The van der Waals surface area contributed by atoms with Gasteiger partial charge < -0.3 is 15.6 Å². The normalized spacial score (nSPS) is 17.8. The lowest BCUT2D eigenvalue weighted by Crippen LogP contribution is -2.23. The highest BCUT2D eigenvalue weighted by molar-refractivity contribution is 9.11. The van der Waals surface area contributed by atoms with Crippen molar-refractivity contribution in [2.75, 3.05) is 0 Å². The molecule has 0 aromatic heterocycles. The van der Waals surface area contributed by atoms with Crippen molar-refractivity contribution in [3.63, 3.8) is 0 Å². The largest absolute Gasteiger partial charge is 0.506 e. The third-order valence-corrected chi connectivity index (χ3v) is 5.52. The average molecular weight is 507 g/mol. The highest BCUT2D eigenvalue weighted by Crippen LogP contribution is 2.49. The van der Waals surface area contributed by atoms with E-state index in [0.717, 1.165) is 0 Å². The van der Waals surface area contributed by atoms with Crippen LogP contribution in [-0.2, 0) is 9.53 Å². The molecule has 0 aliphatic carbocycles. The van der Waals surface area contributed by atoms with Crippen LogP contribution in [0.2, 0.25) is 0 Å². The molecule has 0 amide bonds. The Morgan fingerprint density at radius 1 is 1.39 bits per heavy atom. The van der Waals surface area contributed by atoms with Crippen molar-refractivity contribution in [3.05, 3.63) is 47.8 Å². The lowest BCUT2D eigenvalue weighted by Gasteiger charge is -2.28. The zero-order chi connectivity index (χ0) is 17.5. The van der Waals surface area contributed by atoms with E-state index in [-0.39, 0.29) is 23.0 Å². The predicted octanol–water partition coefficient (Wildman–Crippen LogP) is 4.35. The summed E-state index contributed by atoms with van der Waals surface area (Å²) >= 11 is 9.99. The first-order chi connectivity index (χ1) is 10.7. The zero-order valence-electron chi connectivity index (χ0n) is 12.1. The molecule has 0 bridgehead atoms. The van der Waals surface area contributed by atoms with Gasteiger partial charge in [0, 0.05) is 10.0 Å². The van der Waals surface area contributed by atoms with Crippen molar-refractivity contribution in [1.82, 2.24) is 0 Å². The molecule has 3 N–H and O–H groups in total. The summed E-state index contributed by atoms with van der Waals surface area (Å²) < 4.78 is 6.77. The molecule has 0 saturated heterocycles. The molecular formula is C15H11Br3N2O3. The standard InChI is InChI=1S/C15H11Br3N2O3/c1-5(21)10-6(2)23-15(20)7(4-19)11(10)12-8(16)3-9(17)14(22)13(12)18/h3,11,22H,20H2,1-2H3. The molecule has 1 aromatic carbocycles. The minimum Gasteiger partial charge on any atom is -0.506 e. The summed E-state index contributed by atoms with van der Waals surface area (Å²) in [5, 5.41) is 19.7. The van der Waals surface area contributed by atoms with Gasteiger partial charge in [-0.15, -0.1) is 0 Å². The number of rotatable bonds is 2. The van der Waals surface area contributed by atoms with Crippen LogP contribution in [0.25, 0.3) is 0 Å². The summed E-state index contributed by atoms with van der Waals surface area (Å²) in [6, 6.07) is 3.65. The Labute approximate surface area is 158 Å². The fourth-order valence-electron chi connectivity index (χ4n) is 2.48. The van der Waals surface area contributed by atoms with E-state index in [0.29, 0.717) is 30.3 Å². The number of ketones is 1. The molecule has 1 aromatic rings. The number of nitrogens with two attached hydrogens (primary N) is 1. The Bertz CT molecular complexity index is 822. The number of nitriles is 1. The Morgan fingerprint density at radius 3 is 2.52 bits per heavy atom. The molecule has 8 heteroatoms. The number of carbonyl (C=O) groups is 1. The summed E-state index contributed by atoms with van der Waals surface area (Å²) in [4.78, 5) is 12.1. The number of hydrogen-bond acceptors (Lipinski definition) is 5. The smallest absolute Gasteiger partial charge is 0.205 e. The van der Waals surface area contributed by atoms with Gasteiger partial charge in [0.2, 0.25) is 5.88 Å². The molecule has 0 saturated carbocycles. The van der Waals surface area contributed by atoms with Crippen LogP contribution in [0.1, 0.15) is 25.3 Å². The molecule has 120 valence electrons. The fraction of sp³-hybridized carbons (Fsp3) is 0.200. The number of Topliss-reactive ketones (excluding diaryl/α,β-unsaturated/α-hetero) is 1. The second-order valence-corrected chi connectivity index (χ2v) is 7.37. The Hall–Kier alpha value is -1.30. The van der Waals surface area contributed by atoms with Gasteiger partial charge in [0.15, 0.2) is 5.78 Å². The highest BCUT2D eigenvalue weighted by atomic mass is 79.9. The minimum atomic E-state index is -0.742. The first-order valence-corrected chi connectivity index (χ1v) is 8.74. The number of aromatic hydroxyl groups is 1. The molecule has 1 unspecified atom stereocenters. The number of benzene rings is 1. The van der Waals surface area contributed by atoms with Crippen LogP contribution in [0.3, 0.4) is 0 Å². The monoisotopic (exact) mass is 504 g/mol. The number of nitrogens with zero attached hydrogens (tertiary/aromatic N) is 1. The van der Waals surface area contributed by atoms with E-state index in [1.54, 1.807) is 13.0 Å². The number of phenols is 1. The van der Waals surface area contributed by atoms with Crippen molar-refractivity contribution in [2.24, 2.45) is 5.73 Å². The fourth-order valence-corrected chi connectivity index (χ4v) is 5.06. The van der Waals surface area contributed by atoms with E-state index in [1.807, 2.05) is 6.07 Å². The first-order valence-electron chi connectivity index (χ1n) is 6.36. The highest BCUT2D eigenvalue weighted by Gasteiger charge is 2.37. The summed E-state index contributed by atoms with van der Waals surface area (Å²) in [6.45, 7) is 3.01. The lowest BCUT2D eigenvalue weighted by molar-refractivity contribution is -0.114. The van der Waals surface area contributed by atoms with E-state index >= 15 is 0 Å². The summed E-state index contributed by atoms with van der Waals surface area (Å²) in [7, 11) is 0.